The molecule has 1 aromatic heterocycles. The number of hydrogen-bond acceptors (Lipinski definition) is 5. The molecule has 0 radical (unpaired) electrons. The van der Waals surface area contributed by atoms with Crippen LogP contribution in [0.25, 0.3) is 0 Å². The Labute approximate surface area is 100 Å². The van der Waals surface area contributed by atoms with Gasteiger partial charge in [0.1, 0.15) is 10.9 Å². The molecular weight excluding hydrogens is 220 g/mol. The Morgan fingerprint density at radius 3 is 2.56 bits per heavy atom. The van der Waals surface area contributed by atoms with Gasteiger partial charge in [0.25, 0.3) is 0 Å². The van der Waals surface area contributed by atoms with Crippen LogP contribution in [0.15, 0.2) is 0 Å². The predicted octanol–water partition coefficient (Wildman–Crippen LogP) is 1.33. The maximum absolute atomic E-state index is 9.00. The summed E-state index contributed by atoms with van der Waals surface area (Å²) >= 11 is 1.53. The van der Waals surface area contributed by atoms with Gasteiger partial charge in [-0.05, 0) is 13.5 Å². The molecule has 0 unspecified atom stereocenters. The van der Waals surface area contributed by atoms with Crippen molar-refractivity contribution in [3.05, 3.63) is 10.6 Å². The van der Waals surface area contributed by atoms with Crippen LogP contribution in [0.1, 0.15) is 17.5 Å². The number of aromatic nitrogens is 1. The molecule has 5 heteroatoms. The topological polar surface area (TPSA) is 43.2 Å². The highest BCUT2D eigenvalue weighted by Crippen LogP contribution is 2.26. The van der Waals surface area contributed by atoms with Crippen molar-refractivity contribution in [2.75, 3.05) is 38.1 Å². The summed E-state index contributed by atoms with van der Waals surface area (Å²) in [5, 5.41) is 10.0. The first-order chi connectivity index (χ1) is 7.74. The van der Waals surface area contributed by atoms with Gasteiger partial charge in [-0.15, -0.1) is 0 Å². The standard InChI is InChI=1S/C11H16N4S/c1-3-9-10(8-12)16-11(13-9)15-6-4-14(2)5-7-15/h3-7H2,1-2H3. The predicted molar refractivity (Wildman–Crippen MR) is 65.9 cm³/mol. The zero-order valence-electron chi connectivity index (χ0n) is 9.73. The van der Waals surface area contributed by atoms with Crippen molar-refractivity contribution in [1.29, 1.82) is 5.26 Å². The Hall–Kier alpha value is -1.12. The number of thiazole rings is 1. The van der Waals surface area contributed by atoms with Crippen LogP contribution in [0.3, 0.4) is 0 Å². The number of anilines is 1. The van der Waals surface area contributed by atoms with E-state index in [0.717, 1.165) is 48.3 Å². The van der Waals surface area contributed by atoms with E-state index in [0.29, 0.717) is 0 Å². The van der Waals surface area contributed by atoms with E-state index in [1.165, 1.54) is 11.3 Å². The lowest BCUT2D eigenvalue weighted by Crippen LogP contribution is -2.44. The smallest absolute Gasteiger partial charge is 0.186 e. The van der Waals surface area contributed by atoms with Gasteiger partial charge in [0.05, 0.1) is 5.69 Å². The minimum absolute atomic E-state index is 0.774. The van der Waals surface area contributed by atoms with Gasteiger partial charge < -0.3 is 9.80 Å². The molecule has 2 rings (SSSR count). The summed E-state index contributed by atoms with van der Waals surface area (Å²) in [4.78, 5) is 9.92. The first kappa shape index (κ1) is 11.4. The highest BCUT2D eigenvalue weighted by molar-refractivity contribution is 7.16. The zero-order chi connectivity index (χ0) is 11.5. The number of nitrogens with zero attached hydrogens (tertiary/aromatic N) is 4. The Morgan fingerprint density at radius 1 is 1.38 bits per heavy atom. The highest BCUT2D eigenvalue weighted by Gasteiger charge is 2.19. The molecule has 1 saturated heterocycles. The van der Waals surface area contributed by atoms with E-state index in [1.54, 1.807) is 0 Å². The minimum atomic E-state index is 0.774. The third kappa shape index (κ3) is 2.18. The number of nitriles is 1. The Morgan fingerprint density at radius 2 is 2.06 bits per heavy atom. The molecule has 1 aliphatic heterocycles. The molecule has 0 aromatic carbocycles. The Balaban J connectivity index is 2.15. The van der Waals surface area contributed by atoms with E-state index < -0.39 is 0 Å². The molecule has 0 spiro atoms. The molecular formula is C11H16N4S. The number of hydrogen-bond donors (Lipinski definition) is 0. The molecule has 0 amide bonds. The van der Waals surface area contributed by atoms with Crippen molar-refractivity contribution in [3.63, 3.8) is 0 Å². The van der Waals surface area contributed by atoms with Crippen LogP contribution in [0.4, 0.5) is 5.13 Å². The lowest BCUT2D eigenvalue weighted by molar-refractivity contribution is 0.312. The summed E-state index contributed by atoms with van der Waals surface area (Å²) in [5.41, 5.74) is 0.946. The molecule has 2 heterocycles. The molecule has 0 N–H and O–H groups in total. The molecule has 0 bridgehead atoms. The summed E-state index contributed by atoms with van der Waals surface area (Å²) in [6, 6.07) is 2.23. The van der Waals surface area contributed by atoms with E-state index in [2.05, 4.69) is 27.9 Å². The van der Waals surface area contributed by atoms with E-state index in [4.69, 9.17) is 5.26 Å². The van der Waals surface area contributed by atoms with Crippen LogP contribution >= 0.6 is 11.3 Å². The third-order valence-electron chi connectivity index (χ3n) is 2.90. The molecule has 0 saturated carbocycles. The van der Waals surface area contributed by atoms with Crippen molar-refractivity contribution in [2.45, 2.75) is 13.3 Å². The third-order valence-corrected chi connectivity index (χ3v) is 3.96. The second-order valence-corrected chi connectivity index (χ2v) is 5.01. The van der Waals surface area contributed by atoms with E-state index in [-0.39, 0.29) is 0 Å². The highest BCUT2D eigenvalue weighted by atomic mass is 32.1. The second kappa shape index (κ2) is 4.81. The molecule has 0 atom stereocenters. The monoisotopic (exact) mass is 236 g/mol. The van der Waals surface area contributed by atoms with Gasteiger partial charge in [0.15, 0.2) is 5.13 Å². The maximum Gasteiger partial charge on any atom is 0.186 e. The van der Waals surface area contributed by atoms with Gasteiger partial charge in [-0.25, -0.2) is 4.98 Å². The normalized spacial score (nSPS) is 17.4. The first-order valence-electron chi connectivity index (χ1n) is 5.58. The minimum Gasteiger partial charge on any atom is -0.345 e. The van der Waals surface area contributed by atoms with E-state index >= 15 is 0 Å². The molecule has 4 nitrogen and oxygen atoms in total. The fraction of sp³-hybridized carbons (Fsp3) is 0.636. The summed E-state index contributed by atoms with van der Waals surface area (Å²) in [6.45, 7) is 6.21. The van der Waals surface area contributed by atoms with Gasteiger partial charge in [-0.2, -0.15) is 5.26 Å². The van der Waals surface area contributed by atoms with Crippen LogP contribution in [-0.2, 0) is 6.42 Å². The van der Waals surface area contributed by atoms with Crippen LogP contribution < -0.4 is 4.90 Å². The lowest BCUT2D eigenvalue weighted by Gasteiger charge is -2.32. The van der Waals surface area contributed by atoms with Crippen LogP contribution in [0.5, 0.6) is 0 Å². The molecule has 1 aromatic rings. The van der Waals surface area contributed by atoms with Crippen molar-refractivity contribution in [2.24, 2.45) is 0 Å². The number of piperazine rings is 1. The van der Waals surface area contributed by atoms with Gasteiger partial charge >= 0.3 is 0 Å². The molecule has 1 fully saturated rings. The maximum atomic E-state index is 9.00. The van der Waals surface area contributed by atoms with E-state index in [9.17, 15) is 0 Å². The summed E-state index contributed by atoms with van der Waals surface area (Å²) in [7, 11) is 2.14. The summed E-state index contributed by atoms with van der Waals surface area (Å²) < 4.78 is 0. The molecule has 16 heavy (non-hydrogen) atoms. The molecule has 0 aliphatic carbocycles. The van der Waals surface area contributed by atoms with Crippen LogP contribution in [-0.4, -0.2) is 43.1 Å². The fourth-order valence-corrected chi connectivity index (χ4v) is 2.80. The van der Waals surface area contributed by atoms with Gasteiger partial charge in [-0.1, -0.05) is 18.3 Å². The second-order valence-electron chi connectivity index (χ2n) is 4.03. The van der Waals surface area contributed by atoms with Crippen molar-refractivity contribution < 1.29 is 0 Å². The largest absolute Gasteiger partial charge is 0.345 e. The van der Waals surface area contributed by atoms with Crippen molar-refractivity contribution >= 4 is 16.5 Å². The number of likely N-dealkylation sites (N-methyl/N-ethyl adjacent to an activating group) is 1. The van der Waals surface area contributed by atoms with Gasteiger partial charge in [0, 0.05) is 26.2 Å². The van der Waals surface area contributed by atoms with Crippen LogP contribution in [0, 0.1) is 11.3 Å². The van der Waals surface area contributed by atoms with Crippen molar-refractivity contribution in [1.82, 2.24) is 9.88 Å². The average Bonchev–Trinajstić information content (AvgIpc) is 2.73. The number of rotatable bonds is 2. The Bertz CT molecular complexity index is 399. The number of aryl methyl sites for hydroxylation is 1. The average molecular weight is 236 g/mol. The summed E-state index contributed by atoms with van der Waals surface area (Å²) in [5.74, 6) is 0. The molecule has 86 valence electrons. The first-order valence-corrected chi connectivity index (χ1v) is 6.39. The fourth-order valence-electron chi connectivity index (χ4n) is 1.80. The van der Waals surface area contributed by atoms with Crippen molar-refractivity contribution in [3.8, 4) is 6.07 Å². The van der Waals surface area contributed by atoms with Gasteiger partial charge in [0.2, 0.25) is 0 Å². The SMILES string of the molecule is CCc1nc(N2CCN(C)CC2)sc1C#N. The Kier molecular flexibility index (Phi) is 3.42. The van der Waals surface area contributed by atoms with Crippen LogP contribution in [0.2, 0.25) is 0 Å². The molecule has 1 aliphatic rings. The lowest BCUT2D eigenvalue weighted by atomic mass is 10.3. The van der Waals surface area contributed by atoms with E-state index in [1.807, 2.05) is 6.92 Å². The van der Waals surface area contributed by atoms with Gasteiger partial charge in [-0.3, -0.25) is 0 Å². The zero-order valence-corrected chi connectivity index (χ0v) is 10.5. The quantitative estimate of drug-likeness (QED) is 0.777. The summed E-state index contributed by atoms with van der Waals surface area (Å²) in [6.07, 6.45) is 0.840.